The molecule has 3 N–H and O–H groups in total. The van der Waals surface area contributed by atoms with Gasteiger partial charge >= 0.3 is 6.03 Å². The van der Waals surface area contributed by atoms with Crippen LogP contribution in [0.4, 0.5) is 4.79 Å². The van der Waals surface area contributed by atoms with E-state index < -0.39 is 18.0 Å². The highest BCUT2D eigenvalue weighted by molar-refractivity contribution is 5.96. The summed E-state index contributed by atoms with van der Waals surface area (Å²) >= 11 is 0. The van der Waals surface area contributed by atoms with Crippen LogP contribution >= 0.6 is 0 Å². The number of hydrogen-bond donors (Lipinski definition) is 3. The van der Waals surface area contributed by atoms with Crippen molar-refractivity contribution in [2.75, 3.05) is 26.2 Å². The third-order valence-electron chi connectivity index (χ3n) is 6.57. The van der Waals surface area contributed by atoms with Crippen molar-refractivity contribution < 1.29 is 19.2 Å². The maximum absolute atomic E-state index is 13.2. The standard InChI is InChI=1S/C22H31N7O4/c30-19-17(7-4-8-25-19)27-20(31)18-13-28(21(32)15-11-23-14-24-12-15)9-10-29(18)22(33)26-16-5-2-1-3-6-16/h11-12,14,16-18H,1-10,13H2,(H,25,30)(H,26,33)(H,27,31). The van der Waals surface area contributed by atoms with E-state index in [-0.39, 0.29) is 37.0 Å². The molecule has 33 heavy (non-hydrogen) atoms. The molecule has 0 aromatic carbocycles. The number of piperidine rings is 1. The van der Waals surface area contributed by atoms with Crippen LogP contribution in [-0.2, 0) is 9.59 Å². The molecule has 1 aromatic rings. The molecule has 3 fully saturated rings. The molecule has 0 bridgehead atoms. The van der Waals surface area contributed by atoms with Crippen LogP contribution in [0.3, 0.4) is 0 Å². The first kappa shape index (κ1) is 22.9. The van der Waals surface area contributed by atoms with E-state index in [1.807, 2.05) is 0 Å². The van der Waals surface area contributed by atoms with E-state index in [2.05, 4.69) is 25.9 Å². The van der Waals surface area contributed by atoms with Gasteiger partial charge in [-0.1, -0.05) is 19.3 Å². The van der Waals surface area contributed by atoms with Crippen molar-refractivity contribution in [3.8, 4) is 0 Å². The minimum atomic E-state index is -0.898. The lowest BCUT2D eigenvalue weighted by Crippen LogP contribution is -2.65. The highest BCUT2D eigenvalue weighted by Crippen LogP contribution is 2.19. The van der Waals surface area contributed by atoms with Crippen molar-refractivity contribution in [1.29, 1.82) is 0 Å². The van der Waals surface area contributed by atoms with E-state index in [1.165, 1.54) is 34.9 Å². The Morgan fingerprint density at radius 1 is 0.970 bits per heavy atom. The maximum Gasteiger partial charge on any atom is 0.318 e. The number of carbonyl (C=O) groups is 4. The molecule has 178 valence electrons. The molecule has 11 heteroatoms. The molecule has 1 aromatic heterocycles. The SMILES string of the molecule is O=C1NCCCC1NC(=O)C1CN(C(=O)c2cncnc2)CCN1C(=O)NC1CCCCC1. The topological polar surface area (TPSA) is 137 Å². The van der Waals surface area contributed by atoms with Crippen LogP contribution in [0.1, 0.15) is 55.3 Å². The number of urea groups is 1. The molecule has 0 spiro atoms. The van der Waals surface area contributed by atoms with Crippen LogP contribution in [-0.4, -0.2) is 87.8 Å². The Morgan fingerprint density at radius 3 is 2.45 bits per heavy atom. The van der Waals surface area contributed by atoms with E-state index in [9.17, 15) is 19.2 Å². The second kappa shape index (κ2) is 10.6. The molecule has 1 aliphatic carbocycles. The van der Waals surface area contributed by atoms with Crippen LogP contribution in [0.25, 0.3) is 0 Å². The van der Waals surface area contributed by atoms with Gasteiger partial charge in [-0.3, -0.25) is 14.4 Å². The van der Waals surface area contributed by atoms with Crippen molar-refractivity contribution in [2.24, 2.45) is 0 Å². The summed E-state index contributed by atoms with van der Waals surface area (Å²) in [5.41, 5.74) is 0.323. The van der Waals surface area contributed by atoms with Gasteiger partial charge in [-0.25, -0.2) is 14.8 Å². The molecule has 11 nitrogen and oxygen atoms in total. The molecular formula is C22H31N7O4. The average Bonchev–Trinajstić information content (AvgIpc) is 2.85. The Bertz CT molecular complexity index is 875. The Kier molecular flexibility index (Phi) is 7.36. The third-order valence-corrected chi connectivity index (χ3v) is 6.57. The number of nitrogens with zero attached hydrogens (tertiary/aromatic N) is 4. The highest BCUT2D eigenvalue weighted by atomic mass is 16.2. The summed E-state index contributed by atoms with van der Waals surface area (Å²) in [5.74, 6) is -0.952. The summed E-state index contributed by atoms with van der Waals surface area (Å²) in [5, 5.41) is 8.61. The van der Waals surface area contributed by atoms with E-state index in [4.69, 9.17) is 0 Å². The fourth-order valence-electron chi connectivity index (χ4n) is 4.71. The first-order chi connectivity index (χ1) is 16.0. The van der Waals surface area contributed by atoms with Gasteiger partial charge < -0.3 is 25.8 Å². The third kappa shape index (κ3) is 5.58. The summed E-state index contributed by atoms with van der Waals surface area (Å²) < 4.78 is 0. The maximum atomic E-state index is 13.2. The van der Waals surface area contributed by atoms with Crippen LogP contribution in [0.5, 0.6) is 0 Å². The quantitative estimate of drug-likeness (QED) is 0.584. The van der Waals surface area contributed by atoms with Gasteiger partial charge in [0, 0.05) is 38.1 Å². The highest BCUT2D eigenvalue weighted by Gasteiger charge is 2.39. The fraction of sp³-hybridized carbons (Fsp3) is 0.636. The smallest absolute Gasteiger partial charge is 0.318 e. The van der Waals surface area contributed by atoms with Crippen molar-refractivity contribution in [1.82, 2.24) is 35.7 Å². The van der Waals surface area contributed by atoms with Gasteiger partial charge in [-0.05, 0) is 25.7 Å². The van der Waals surface area contributed by atoms with Crippen molar-refractivity contribution in [2.45, 2.75) is 63.1 Å². The van der Waals surface area contributed by atoms with Gasteiger partial charge in [0.15, 0.2) is 0 Å². The van der Waals surface area contributed by atoms with Crippen molar-refractivity contribution in [3.63, 3.8) is 0 Å². The van der Waals surface area contributed by atoms with Gasteiger partial charge in [-0.2, -0.15) is 0 Å². The van der Waals surface area contributed by atoms with Gasteiger partial charge in [0.1, 0.15) is 18.4 Å². The zero-order valence-corrected chi connectivity index (χ0v) is 18.7. The zero-order valence-electron chi connectivity index (χ0n) is 18.7. The lowest BCUT2D eigenvalue weighted by molar-refractivity contribution is -0.133. The number of carbonyl (C=O) groups excluding carboxylic acids is 4. The Hall–Kier alpha value is -3.24. The molecule has 2 saturated heterocycles. The molecule has 1 saturated carbocycles. The molecule has 3 heterocycles. The first-order valence-electron chi connectivity index (χ1n) is 11.7. The van der Waals surface area contributed by atoms with Gasteiger partial charge in [0.25, 0.3) is 5.91 Å². The molecule has 0 radical (unpaired) electrons. The Morgan fingerprint density at radius 2 is 1.73 bits per heavy atom. The number of piperazine rings is 1. The number of hydrogen-bond acceptors (Lipinski definition) is 6. The van der Waals surface area contributed by atoms with Crippen LogP contribution in [0.2, 0.25) is 0 Å². The summed E-state index contributed by atoms with van der Waals surface area (Å²) in [4.78, 5) is 62.3. The van der Waals surface area contributed by atoms with E-state index >= 15 is 0 Å². The lowest BCUT2D eigenvalue weighted by Gasteiger charge is -2.41. The monoisotopic (exact) mass is 457 g/mol. The number of rotatable bonds is 4. The molecule has 3 aliphatic rings. The Labute approximate surface area is 192 Å². The van der Waals surface area contributed by atoms with Crippen LogP contribution in [0.15, 0.2) is 18.7 Å². The number of amides is 5. The molecular weight excluding hydrogens is 426 g/mol. The molecule has 5 amide bonds. The summed E-state index contributed by atoms with van der Waals surface area (Å²) in [7, 11) is 0. The van der Waals surface area contributed by atoms with E-state index in [0.717, 1.165) is 32.1 Å². The molecule has 2 unspecified atom stereocenters. The van der Waals surface area contributed by atoms with Crippen LogP contribution in [0, 0.1) is 0 Å². The normalized spacial score (nSPS) is 24.1. The van der Waals surface area contributed by atoms with Crippen molar-refractivity contribution >= 4 is 23.8 Å². The predicted octanol–water partition coefficient (Wildman–Crippen LogP) is 0.0401. The van der Waals surface area contributed by atoms with Crippen LogP contribution < -0.4 is 16.0 Å². The second-order valence-corrected chi connectivity index (χ2v) is 8.87. The van der Waals surface area contributed by atoms with E-state index in [1.54, 1.807) is 0 Å². The first-order valence-corrected chi connectivity index (χ1v) is 11.7. The summed E-state index contributed by atoms with van der Waals surface area (Å²) in [6.45, 7) is 1.13. The lowest BCUT2D eigenvalue weighted by atomic mass is 9.95. The average molecular weight is 458 g/mol. The zero-order chi connectivity index (χ0) is 23.2. The fourth-order valence-corrected chi connectivity index (χ4v) is 4.71. The summed E-state index contributed by atoms with van der Waals surface area (Å²) in [6.07, 6.45) is 10.7. The molecule has 2 aliphatic heterocycles. The molecule has 4 rings (SSSR count). The molecule has 2 atom stereocenters. The number of nitrogens with one attached hydrogen (secondary N) is 3. The second-order valence-electron chi connectivity index (χ2n) is 8.87. The van der Waals surface area contributed by atoms with Gasteiger partial charge in [-0.15, -0.1) is 0 Å². The minimum absolute atomic E-state index is 0.0337. The predicted molar refractivity (Wildman–Crippen MR) is 118 cm³/mol. The van der Waals surface area contributed by atoms with Crippen molar-refractivity contribution in [3.05, 3.63) is 24.3 Å². The number of aromatic nitrogens is 2. The van der Waals surface area contributed by atoms with Gasteiger partial charge in [0.2, 0.25) is 11.8 Å². The Balaban J connectivity index is 1.48. The minimum Gasteiger partial charge on any atom is -0.354 e. The van der Waals surface area contributed by atoms with E-state index in [0.29, 0.717) is 25.1 Å². The largest absolute Gasteiger partial charge is 0.354 e. The summed E-state index contributed by atoms with van der Waals surface area (Å²) in [6, 6.07) is -1.74. The van der Waals surface area contributed by atoms with Gasteiger partial charge in [0.05, 0.1) is 12.1 Å².